The molecule has 0 aliphatic heterocycles. The summed E-state index contributed by atoms with van der Waals surface area (Å²) in [5.74, 6) is 0.655. The van der Waals surface area contributed by atoms with E-state index in [4.69, 9.17) is 0 Å². The summed E-state index contributed by atoms with van der Waals surface area (Å²) in [5.41, 5.74) is 3.44. The van der Waals surface area contributed by atoms with Gasteiger partial charge in [-0.25, -0.2) is 4.98 Å². The topological polar surface area (TPSA) is 46.3 Å². The first-order valence-corrected chi connectivity index (χ1v) is 8.06. The highest BCUT2D eigenvalue weighted by Crippen LogP contribution is 2.32. The molecule has 0 unspecified atom stereocenters. The van der Waals surface area contributed by atoms with E-state index >= 15 is 0 Å². The quantitative estimate of drug-likeness (QED) is 0.692. The molecule has 6 heteroatoms. The Labute approximate surface area is 134 Å². The van der Waals surface area contributed by atoms with Crippen molar-refractivity contribution < 1.29 is 0 Å². The highest BCUT2D eigenvalue weighted by atomic mass is 32.2. The van der Waals surface area contributed by atoms with Gasteiger partial charge >= 0.3 is 0 Å². The second-order valence-corrected chi connectivity index (χ2v) is 6.36. The molecular formula is C16H19N5S. The van der Waals surface area contributed by atoms with Crippen LogP contribution in [0.15, 0.2) is 40.5 Å². The van der Waals surface area contributed by atoms with Gasteiger partial charge in [0.2, 0.25) is 0 Å². The summed E-state index contributed by atoms with van der Waals surface area (Å²) < 4.78 is 1.83. The van der Waals surface area contributed by atoms with Gasteiger partial charge in [0, 0.05) is 35.9 Å². The van der Waals surface area contributed by atoms with Gasteiger partial charge in [-0.15, -0.1) is 0 Å². The summed E-state index contributed by atoms with van der Waals surface area (Å²) in [5, 5.41) is 5.42. The van der Waals surface area contributed by atoms with Crippen LogP contribution in [0.3, 0.4) is 0 Å². The van der Waals surface area contributed by atoms with Crippen LogP contribution in [0.25, 0.3) is 5.78 Å². The van der Waals surface area contributed by atoms with Crippen molar-refractivity contribution in [2.45, 2.75) is 30.2 Å². The molecule has 2 heterocycles. The van der Waals surface area contributed by atoms with E-state index in [0.717, 1.165) is 17.1 Å². The van der Waals surface area contributed by atoms with Crippen molar-refractivity contribution in [1.82, 2.24) is 19.6 Å². The molecular weight excluding hydrogens is 294 g/mol. The van der Waals surface area contributed by atoms with E-state index in [-0.39, 0.29) is 0 Å². The summed E-state index contributed by atoms with van der Waals surface area (Å²) in [4.78, 5) is 12.0. The van der Waals surface area contributed by atoms with Crippen LogP contribution in [0.1, 0.15) is 18.2 Å². The van der Waals surface area contributed by atoms with E-state index in [1.54, 1.807) is 18.1 Å². The van der Waals surface area contributed by atoms with Crippen molar-refractivity contribution in [2.24, 2.45) is 0 Å². The van der Waals surface area contributed by atoms with Gasteiger partial charge in [0.25, 0.3) is 5.78 Å². The molecule has 0 radical (unpaired) electrons. The Hall–Kier alpha value is -2.08. The fraction of sp³-hybridized carbons (Fsp3) is 0.312. The van der Waals surface area contributed by atoms with Gasteiger partial charge < -0.3 is 4.90 Å². The number of aryl methyl sites for hydroxylation is 1. The van der Waals surface area contributed by atoms with Crippen molar-refractivity contribution >= 4 is 23.2 Å². The van der Waals surface area contributed by atoms with Gasteiger partial charge in [-0.05, 0) is 37.6 Å². The van der Waals surface area contributed by atoms with Crippen molar-refractivity contribution in [1.29, 1.82) is 0 Å². The van der Waals surface area contributed by atoms with Crippen molar-refractivity contribution in [2.75, 3.05) is 19.0 Å². The lowest BCUT2D eigenvalue weighted by Crippen LogP contribution is -2.08. The zero-order valence-electron chi connectivity index (χ0n) is 13.2. The number of nitrogens with zero attached hydrogens (tertiary/aromatic N) is 5. The zero-order valence-corrected chi connectivity index (χ0v) is 14.1. The molecule has 5 nitrogen and oxygen atoms in total. The van der Waals surface area contributed by atoms with Crippen LogP contribution >= 0.6 is 11.8 Å². The SMILES string of the molecule is CCc1c(C)nc2ncnn2c1Sc1ccc(N(C)C)cc1. The van der Waals surface area contributed by atoms with Crippen molar-refractivity contribution in [3.8, 4) is 0 Å². The molecule has 0 fully saturated rings. The highest BCUT2D eigenvalue weighted by molar-refractivity contribution is 7.99. The lowest BCUT2D eigenvalue weighted by Gasteiger charge is -2.14. The average molecular weight is 313 g/mol. The van der Waals surface area contributed by atoms with Crippen LogP contribution in [0.2, 0.25) is 0 Å². The number of hydrogen-bond donors (Lipinski definition) is 0. The Morgan fingerprint density at radius 1 is 1.18 bits per heavy atom. The minimum absolute atomic E-state index is 0.655. The molecule has 0 bridgehead atoms. The summed E-state index contributed by atoms with van der Waals surface area (Å²) in [6.45, 7) is 4.18. The lowest BCUT2D eigenvalue weighted by atomic mass is 10.2. The smallest absolute Gasteiger partial charge is 0.253 e. The number of fused-ring (bicyclic) bond motifs is 1. The summed E-state index contributed by atoms with van der Waals surface area (Å²) in [6.07, 6.45) is 2.48. The summed E-state index contributed by atoms with van der Waals surface area (Å²) >= 11 is 1.71. The third-order valence-electron chi connectivity index (χ3n) is 3.61. The Morgan fingerprint density at radius 2 is 1.91 bits per heavy atom. The van der Waals surface area contributed by atoms with Crippen LogP contribution in [0.4, 0.5) is 5.69 Å². The molecule has 0 atom stereocenters. The molecule has 0 saturated heterocycles. The largest absolute Gasteiger partial charge is 0.378 e. The monoisotopic (exact) mass is 313 g/mol. The van der Waals surface area contributed by atoms with Gasteiger partial charge in [0.15, 0.2) is 0 Å². The van der Waals surface area contributed by atoms with E-state index in [1.165, 1.54) is 16.1 Å². The van der Waals surface area contributed by atoms with Gasteiger partial charge in [0.1, 0.15) is 11.4 Å². The standard InChI is InChI=1S/C16H19N5S/c1-5-14-11(2)19-16-17-10-18-21(16)15(14)22-13-8-6-12(7-9-13)20(3)4/h6-10H,5H2,1-4H3. The molecule has 2 aromatic heterocycles. The number of hydrogen-bond acceptors (Lipinski definition) is 5. The molecule has 22 heavy (non-hydrogen) atoms. The molecule has 0 amide bonds. The maximum absolute atomic E-state index is 4.52. The number of aromatic nitrogens is 4. The van der Waals surface area contributed by atoms with Gasteiger partial charge in [0.05, 0.1) is 0 Å². The Balaban J connectivity index is 2.04. The predicted octanol–water partition coefficient (Wildman–Crippen LogP) is 3.21. The molecule has 0 aliphatic carbocycles. The minimum atomic E-state index is 0.655. The third kappa shape index (κ3) is 2.66. The molecule has 3 aromatic rings. The first kappa shape index (κ1) is 14.8. The lowest BCUT2D eigenvalue weighted by molar-refractivity contribution is 0.795. The number of rotatable bonds is 4. The summed E-state index contributed by atoms with van der Waals surface area (Å²) in [7, 11) is 4.09. The van der Waals surface area contributed by atoms with E-state index < -0.39 is 0 Å². The second kappa shape index (κ2) is 5.96. The minimum Gasteiger partial charge on any atom is -0.378 e. The van der Waals surface area contributed by atoms with Crippen LogP contribution in [-0.2, 0) is 6.42 Å². The van der Waals surface area contributed by atoms with Gasteiger partial charge in [-0.3, -0.25) is 0 Å². The fourth-order valence-electron chi connectivity index (χ4n) is 2.39. The normalized spacial score (nSPS) is 11.1. The zero-order chi connectivity index (χ0) is 15.7. The number of anilines is 1. The first-order valence-electron chi connectivity index (χ1n) is 7.24. The summed E-state index contributed by atoms with van der Waals surface area (Å²) in [6, 6.07) is 8.52. The molecule has 0 aliphatic rings. The first-order chi connectivity index (χ1) is 10.6. The Morgan fingerprint density at radius 3 is 2.55 bits per heavy atom. The van der Waals surface area contributed by atoms with Gasteiger partial charge in [-0.2, -0.15) is 14.6 Å². The van der Waals surface area contributed by atoms with E-state index in [2.05, 4.69) is 51.2 Å². The fourth-order valence-corrected chi connectivity index (χ4v) is 3.52. The Bertz CT molecular complexity index is 792. The van der Waals surface area contributed by atoms with Crippen molar-refractivity contribution in [3.63, 3.8) is 0 Å². The van der Waals surface area contributed by atoms with Crippen LogP contribution in [0.5, 0.6) is 0 Å². The van der Waals surface area contributed by atoms with E-state index in [0.29, 0.717) is 5.78 Å². The van der Waals surface area contributed by atoms with Crippen LogP contribution in [0, 0.1) is 6.92 Å². The van der Waals surface area contributed by atoms with E-state index in [1.807, 2.05) is 25.5 Å². The highest BCUT2D eigenvalue weighted by Gasteiger charge is 2.14. The van der Waals surface area contributed by atoms with Crippen molar-refractivity contribution in [3.05, 3.63) is 41.9 Å². The third-order valence-corrected chi connectivity index (χ3v) is 4.73. The average Bonchev–Trinajstić information content (AvgIpc) is 2.96. The Kier molecular flexibility index (Phi) is 4.02. The molecule has 3 rings (SSSR count). The van der Waals surface area contributed by atoms with Gasteiger partial charge in [-0.1, -0.05) is 18.7 Å². The molecule has 114 valence electrons. The van der Waals surface area contributed by atoms with Crippen LogP contribution in [-0.4, -0.2) is 33.7 Å². The molecule has 0 N–H and O–H groups in total. The molecule has 0 saturated carbocycles. The molecule has 0 spiro atoms. The van der Waals surface area contributed by atoms with Crippen LogP contribution < -0.4 is 4.90 Å². The van der Waals surface area contributed by atoms with E-state index in [9.17, 15) is 0 Å². The molecule has 1 aromatic carbocycles. The maximum Gasteiger partial charge on any atom is 0.253 e. The second-order valence-electron chi connectivity index (χ2n) is 5.30. The predicted molar refractivity (Wildman–Crippen MR) is 89.8 cm³/mol. The number of benzene rings is 1. The maximum atomic E-state index is 4.52.